The summed E-state index contributed by atoms with van der Waals surface area (Å²) < 4.78 is 0. The maximum atomic E-state index is 6.39. The first-order valence-corrected chi connectivity index (χ1v) is 12.5. The predicted molar refractivity (Wildman–Crippen MR) is 122 cm³/mol. The lowest BCUT2D eigenvalue weighted by atomic mass is 9.52. The zero-order valence-corrected chi connectivity index (χ0v) is 18.8. The summed E-state index contributed by atoms with van der Waals surface area (Å²) >= 11 is 6.39. The maximum Gasteiger partial charge on any atom is 0.0609 e. The number of nitrogens with zero attached hydrogens (tertiary/aromatic N) is 1. The van der Waals surface area contributed by atoms with Gasteiger partial charge in [0.05, 0.1) is 6.54 Å². The van der Waals surface area contributed by atoms with Gasteiger partial charge in [0.1, 0.15) is 0 Å². The summed E-state index contributed by atoms with van der Waals surface area (Å²) in [4.78, 5) is 2.74. The van der Waals surface area contributed by atoms with Crippen molar-refractivity contribution in [1.29, 1.82) is 0 Å². The van der Waals surface area contributed by atoms with Gasteiger partial charge in [0.25, 0.3) is 0 Å². The van der Waals surface area contributed by atoms with E-state index in [2.05, 4.69) is 47.9 Å². The normalized spacial score (nSPS) is 38.1. The second kappa shape index (κ2) is 8.28. The molecule has 0 heterocycles. The van der Waals surface area contributed by atoms with E-state index in [4.69, 9.17) is 11.6 Å². The molecule has 0 spiro atoms. The highest BCUT2D eigenvalue weighted by Crippen LogP contribution is 2.57. The molecule has 1 nitrogen and oxygen atoms in total. The highest BCUT2D eigenvalue weighted by Gasteiger charge is 2.52. The lowest BCUT2D eigenvalue weighted by Crippen LogP contribution is -2.60. The Morgan fingerprint density at radius 2 is 1.62 bits per heavy atom. The molecule has 0 saturated heterocycles. The van der Waals surface area contributed by atoms with Crippen molar-refractivity contribution in [1.82, 2.24) is 4.90 Å². The molecule has 1 aromatic carbocycles. The van der Waals surface area contributed by atoms with Crippen LogP contribution in [0.2, 0.25) is 0 Å². The number of rotatable bonds is 4. The summed E-state index contributed by atoms with van der Waals surface area (Å²) in [6.07, 6.45) is 13.7. The van der Waals surface area contributed by atoms with E-state index >= 15 is 0 Å². The summed E-state index contributed by atoms with van der Waals surface area (Å²) in [7, 11) is 0. The molecule has 5 aliphatic carbocycles. The number of hydrogen-bond donors (Lipinski definition) is 0. The molecule has 0 radical (unpaired) electrons. The van der Waals surface area contributed by atoms with Gasteiger partial charge in [0.2, 0.25) is 0 Å². The van der Waals surface area contributed by atoms with Crippen LogP contribution in [-0.2, 0) is 0 Å². The fourth-order valence-corrected chi connectivity index (χ4v) is 7.95. The Hall–Kier alpha value is -0.970. The van der Waals surface area contributed by atoms with Crippen LogP contribution in [0.3, 0.4) is 0 Å². The molecule has 0 amide bonds. The average molecular weight is 410 g/mol. The largest absolute Gasteiger partial charge is 0.287 e. The van der Waals surface area contributed by atoms with Gasteiger partial charge < -0.3 is 0 Å². The number of halogens is 1. The van der Waals surface area contributed by atoms with Crippen LogP contribution in [0.1, 0.15) is 88.2 Å². The van der Waals surface area contributed by atoms with Crippen molar-refractivity contribution < 1.29 is 0 Å². The van der Waals surface area contributed by atoms with Crippen molar-refractivity contribution in [2.24, 2.45) is 17.8 Å². The first kappa shape index (κ1) is 20.0. The Bertz CT molecular complexity index is 735. The fourth-order valence-electron chi connectivity index (χ4n) is 7.58. The van der Waals surface area contributed by atoms with Crippen LogP contribution in [0, 0.1) is 29.6 Å². The van der Waals surface area contributed by atoms with Gasteiger partial charge in [-0.2, -0.15) is 0 Å². The molecule has 0 aliphatic heterocycles. The Labute approximate surface area is 182 Å². The van der Waals surface area contributed by atoms with Gasteiger partial charge in [-0.15, -0.1) is 11.6 Å². The van der Waals surface area contributed by atoms with Crippen LogP contribution in [0.5, 0.6) is 0 Å². The van der Waals surface area contributed by atoms with Crippen molar-refractivity contribution in [2.75, 3.05) is 13.1 Å². The van der Waals surface area contributed by atoms with E-state index in [1.807, 2.05) is 0 Å². The molecule has 2 unspecified atom stereocenters. The van der Waals surface area contributed by atoms with E-state index in [1.165, 1.54) is 63.4 Å². The van der Waals surface area contributed by atoms with Crippen molar-refractivity contribution in [3.8, 4) is 11.8 Å². The molecule has 5 fully saturated rings. The van der Waals surface area contributed by atoms with E-state index in [0.717, 1.165) is 42.8 Å². The Kier molecular flexibility index (Phi) is 5.70. The monoisotopic (exact) mass is 409 g/mol. The summed E-state index contributed by atoms with van der Waals surface area (Å²) in [5, 5.41) is 0.359. The highest BCUT2D eigenvalue weighted by atomic mass is 35.5. The minimum Gasteiger partial charge on any atom is -0.287 e. The molecule has 156 valence electrons. The third kappa shape index (κ3) is 4.13. The van der Waals surface area contributed by atoms with Gasteiger partial charge >= 0.3 is 0 Å². The van der Waals surface area contributed by atoms with Gasteiger partial charge in [-0.1, -0.05) is 37.3 Å². The van der Waals surface area contributed by atoms with E-state index in [1.54, 1.807) is 0 Å². The summed E-state index contributed by atoms with van der Waals surface area (Å²) in [6, 6.07) is 9.03. The van der Waals surface area contributed by atoms with Crippen LogP contribution in [-0.4, -0.2) is 28.9 Å². The molecule has 0 N–H and O–H groups in total. The van der Waals surface area contributed by atoms with Crippen molar-refractivity contribution >= 4 is 11.6 Å². The van der Waals surface area contributed by atoms with Gasteiger partial charge in [-0.25, -0.2) is 0 Å². The third-order valence-corrected chi connectivity index (χ3v) is 8.95. The summed E-state index contributed by atoms with van der Waals surface area (Å²) in [5.74, 6) is 10.6. The smallest absolute Gasteiger partial charge is 0.0609 e. The SMILES string of the molecule is CCN(CC#Cc1ccc(C2CCCC(Cl)C2)cc1)C12CC3CC(CC(C3)C1)C2. The quantitative estimate of drug-likeness (QED) is 0.400. The van der Waals surface area contributed by atoms with Crippen LogP contribution >= 0.6 is 11.6 Å². The average Bonchev–Trinajstić information content (AvgIpc) is 2.70. The van der Waals surface area contributed by atoms with Crippen LogP contribution in [0.25, 0.3) is 0 Å². The molecule has 5 aliphatic rings. The number of hydrogen-bond acceptors (Lipinski definition) is 1. The minimum absolute atomic E-state index is 0.359. The van der Waals surface area contributed by atoms with E-state index in [-0.39, 0.29) is 0 Å². The molecule has 6 rings (SSSR count). The Morgan fingerprint density at radius 3 is 2.21 bits per heavy atom. The Balaban J connectivity index is 1.23. The van der Waals surface area contributed by atoms with Crippen LogP contribution < -0.4 is 0 Å². The maximum absolute atomic E-state index is 6.39. The van der Waals surface area contributed by atoms with Gasteiger partial charge in [0, 0.05) is 16.5 Å². The van der Waals surface area contributed by atoms with Crippen molar-refractivity contribution in [3.05, 3.63) is 35.4 Å². The molecule has 5 saturated carbocycles. The molecule has 4 bridgehead atoms. The lowest BCUT2D eigenvalue weighted by Gasteiger charge is -2.60. The second-order valence-electron chi connectivity index (χ2n) is 10.5. The molecule has 2 heteroatoms. The molecular weight excluding hydrogens is 374 g/mol. The van der Waals surface area contributed by atoms with Crippen molar-refractivity contribution in [3.63, 3.8) is 0 Å². The van der Waals surface area contributed by atoms with E-state index in [0.29, 0.717) is 16.8 Å². The van der Waals surface area contributed by atoms with E-state index < -0.39 is 0 Å². The molecule has 0 aromatic heterocycles. The second-order valence-corrected chi connectivity index (χ2v) is 11.2. The van der Waals surface area contributed by atoms with E-state index in [9.17, 15) is 0 Å². The van der Waals surface area contributed by atoms with Gasteiger partial charge in [0.15, 0.2) is 0 Å². The van der Waals surface area contributed by atoms with Crippen molar-refractivity contribution in [2.45, 2.75) is 88.0 Å². The number of alkyl halides is 1. The lowest BCUT2D eigenvalue weighted by molar-refractivity contribution is -0.0821. The minimum atomic E-state index is 0.359. The summed E-state index contributed by atoms with van der Waals surface area (Å²) in [6.45, 7) is 4.41. The Morgan fingerprint density at radius 1 is 0.966 bits per heavy atom. The van der Waals surface area contributed by atoms with Crippen LogP contribution in [0.4, 0.5) is 0 Å². The zero-order chi connectivity index (χ0) is 19.8. The molecular formula is C27H36ClN. The van der Waals surface area contributed by atoms with Gasteiger partial charge in [-0.05, 0) is 106 Å². The first-order valence-electron chi connectivity index (χ1n) is 12.1. The summed E-state index contributed by atoms with van der Waals surface area (Å²) in [5.41, 5.74) is 3.08. The number of benzene rings is 1. The van der Waals surface area contributed by atoms with Gasteiger partial charge in [-0.3, -0.25) is 4.90 Å². The van der Waals surface area contributed by atoms with Crippen LogP contribution in [0.15, 0.2) is 24.3 Å². The third-order valence-electron chi connectivity index (χ3n) is 8.55. The fraction of sp³-hybridized carbons (Fsp3) is 0.704. The first-order chi connectivity index (χ1) is 14.1. The topological polar surface area (TPSA) is 3.24 Å². The predicted octanol–water partition coefficient (Wildman–Crippen LogP) is 6.59. The molecule has 1 aromatic rings. The standard InChI is InChI=1S/C27H36ClN/c1-2-29(27-17-21-13-22(18-27)15-23(14-21)19-27)12-4-5-20-8-10-24(11-9-20)25-6-3-7-26(28)16-25/h8-11,21-23,25-26H,2-3,6-7,12-19H2,1H3. The highest BCUT2D eigenvalue weighted by molar-refractivity contribution is 6.20. The molecule has 29 heavy (non-hydrogen) atoms. The zero-order valence-electron chi connectivity index (χ0n) is 18.0. The molecule has 2 atom stereocenters.